The number of hydrogen-bond acceptors (Lipinski definition) is 7. The van der Waals surface area contributed by atoms with Gasteiger partial charge in [0.15, 0.2) is 10.00 Å². The number of aromatic nitrogens is 1. The molecular weight excluding hydrogens is 448 g/mol. The van der Waals surface area contributed by atoms with Crippen molar-refractivity contribution < 1.29 is 18.0 Å². The van der Waals surface area contributed by atoms with E-state index in [1.54, 1.807) is 5.38 Å². The Hall–Kier alpha value is -2.56. The Bertz CT molecular complexity index is 1150. The largest absolute Gasteiger partial charge is 0.325 e. The van der Waals surface area contributed by atoms with E-state index in [-0.39, 0.29) is 17.3 Å². The third kappa shape index (κ3) is 5.08. The van der Waals surface area contributed by atoms with Crippen LogP contribution in [0.1, 0.15) is 46.1 Å². The van der Waals surface area contributed by atoms with Crippen molar-refractivity contribution in [2.45, 2.75) is 46.0 Å². The number of carbonyl (C=O) groups excluding carboxylic acids is 2. The van der Waals surface area contributed by atoms with Crippen molar-refractivity contribution in [2.75, 3.05) is 30.3 Å². The second kappa shape index (κ2) is 9.93. The van der Waals surface area contributed by atoms with Crippen LogP contribution in [-0.4, -0.2) is 54.6 Å². The molecule has 10 heteroatoms. The van der Waals surface area contributed by atoms with Gasteiger partial charge in [-0.05, 0) is 57.5 Å². The van der Waals surface area contributed by atoms with E-state index in [1.165, 1.54) is 11.3 Å². The fourth-order valence-corrected chi connectivity index (χ4v) is 4.87. The van der Waals surface area contributed by atoms with Crippen LogP contribution in [0.25, 0.3) is 11.3 Å². The highest BCUT2D eigenvalue weighted by atomic mass is 32.2. The summed E-state index contributed by atoms with van der Waals surface area (Å²) in [4.78, 5) is 31.1. The van der Waals surface area contributed by atoms with Crippen molar-refractivity contribution in [3.63, 3.8) is 0 Å². The normalized spacial score (nSPS) is 14.2. The van der Waals surface area contributed by atoms with Gasteiger partial charge in [0.2, 0.25) is 16.2 Å². The van der Waals surface area contributed by atoms with E-state index in [2.05, 4.69) is 15.6 Å². The van der Waals surface area contributed by atoms with Crippen LogP contribution >= 0.6 is 11.3 Å². The zero-order valence-electron chi connectivity index (χ0n) is 18.7. The highest BCUT2D eigenvalue weighted by Gasteiger charge is 2.38. The highest BCUT2D eigenvalue weighted by molar-refractivity contribution is 7.75. The molecule has 1 aromatic carbocycles. The minimum Gasteiger partial charge on any atom is -0.325 e. The molecule has 2 aromatic rings. The molecule has 0 spiro atoms. The molecule has 0 aliphatic carbocycles. The van der Waals surface area contributed by atoms with E-state index in [0.29, 0.717) is 10.8 Å². The number of carbonyl (C=O) groups is 2. The minimum atomic E-state index is -2.63. The van der Waals surface area contributed by atoms with Gasteiger partial charge in [-0.1, -0.05) is 19.9 Å². The van der Waals surface area contributed by atoms with Gasteiger partial charge in [0.05, 0.1) is 11.1 Å². The molecule has 1 aliphatic heterocycles. The van der Waals surface area contributed by atoms with E-state index < -0.39 is 21.6 Å². The van der Waals surface area contributed by atoms with Gasteiger partial charge in [0.25, 0.3) is 5.91 Å². The summed E-state index contributed by atoms with van der Waals surface area (Å²) >= 11 is 1.22. The first-order valence-corrected chi connectivity index (χ1v) is 12.5. The maximum atomic E-state index is 12.7. The zero-order chi connectivity index (χ0) is 23.5. The van der Waals surface area contributed by atoms with Gasteiger partial charge in [-0.25, -0.2) is 4.98 Å². The molecule has 2 amide bonds. The third-order valence-electron chi connectivity index (χ3n) is 5.43. The number of thiazole rings is 1. The van der Waals surface area contributed by atoms with Gasteiger partial charge in [-0.3, -0.25) is 19.8 Å². The number of anilines is 2. The van der Waals surface area contributed by atoms with Gasteiger partial charge < -0.3 is 5.32 Å². The van der Waals surface area contributed by atoms with Crippen LogP contribution in [0.2, 0.25) is 0 Å². The van der Waals surface area contributed by atoms with Gasteiger partial charge in [0.1, 0.15) is 0 Å². The van der Waals surface area contributed by atoms with Crippen molar-refractivity contribution in [1.29, 1.82) is 0 Å². The summed E-state index contributed by atoms with van der Waals surface area (Å²) in [6.45, 7) is 9.27. The molecule has 0 fully saturated rings. The van der Waals surface area contributed by atoms with Crippen LogP contribution in [0, 0.1) is 0 Å². The highest BCUT2D eigenvalue weighted by Crippen LogP contribution is 2.39. The zero-order valence-corrected chi connectivity index (χ0v) is 20.3. The van der Waals surface area contributed by atoms with E-state index in [0.717, 1.165) is 42.7 Å². The predicted octanol–water partition coefficient (Wildman–Crippen LogP) is 3.15. The first-order valence-electron chi connectivity index (χ1n) is 10.6. The Morgan fingerprint density at radius 3 is 2.53 bits per heavy atom. The molecule has 0 unspecified atom stereocenters. The van der Waals surface area contributed by atoms with E-state index in [9.17, 15) is 18.0 Å². The molecule has 0 radical (unpaired) electrons. The van der Waals surface area contributed by atoms with Crippen LogP contribution < -0.4 is 10.6 Å². The Balaban J connectivity index is 1.78. The molecule has 172 valence electrons. The number of rotatable bonds is 9. The fraction of sp³-hybridized carbons (Fsp3) is 0.455. The fourth-order valence-electron chi connectivity index (χ4n) is 3.67. The molecule has 1 aliphatic rings. The van der Waals surface area contributed by atoms with Gasteiger partial charge in [0, 0.05) is 23.2 Å². The van der Waals surface area contributed by atoms with Crippen LogP contribution in [0.5, 0.6) is 0 Å². The first kappa shape index (κ1) is 24.1. The third-order valence-corrected chi connectivity index (χ3v) is 6.91. The maximum Gasteiger partial charge on any atom is 0.270 e. The van der Waals surface area contributed by atoms with Crippen LogP contribution in [0.15, 0.2) is 23.6 Å². The van der Waals surface area contributed by atoms with Crippen molar-refractivity contribution in [1.82, 2.24) is 9.88 Å². The monoisotopic (exact) mass is 476 g/mol. The lowest BCUT2D eigenvalue weighted by molar-refractivity contribution is -0.119. The Morgan fingerprint density at radius 1 is 1.22 bits per heavy atom. The van der Waals surface area contributed by atoms with Crippen LogP contribution in [0.3, 0.4) is 0 Å². The van der Waals surface area contributed by atoms with Crippen LogP contribution in [-0.2, 0) is 25.3 Å². The minimum absolute atomic E-state index is 0.0512. The number of amides is 2. The standard InChI is InChI=1S/C22H28N4O4S2/c1-5-9-26(10-6-2)12-18(32(29)30)19(27)25-21-24-17(13-31-21)14-7-8-16-15(11-14)22(3,4)20(28)23-16/h7-8,11,13H,5-6,9-10,12H2,1-4H3,(H,23,28)(H,24,25,27). The second-order valence-corrected chi connectivity index (χ2v) is 10.1. The lowest BCUT2D eigenvalue weighted by Gasteiger charge is -2.20. The molecule has 32 heavy (non-hydrogen) atoms. The average molecular weight is 477 g/mol. The van der Waals surface area contributed by atoms with E-state index in [1.807, 2.05) is 50.8 Å². The Labute approximate surface area is 193 Å². The summed E-state index contributed by atoms with van der Waals surface area (Å²) in [5.74, 6) is -0.717. The molecule has 0 atom stereocenters. The molecular formula is C22H28N4O4S2. The number of nitrogens with zero attached hydrogens (tertiary/aromatic N) is 2. The molecule has 0 bridgehead atoms. The second-order valence-electron chi connectivity index (χ2n) is 8.27. The quantitative estimate of drug-likeness (QED) is 0.538. The van der Waals surface area contributed by atoms with E-state index in [4.69, 9.17) is 0 Å². The van der Waals surface area contributed by atoms with Crippen LogP contribution in [0.4, 0.5) is 10.8 Å². The summed E-state index contributed by atoms with van der Waals surface area (Å²) in [5, 5.41) is 7.61. The van der Waals surface area contributed by atoms with Gasteiger partial charge in [-0.15, -0.1) is 11.3 Å². The Morgan fingerprint density at radius 2 is 1.91 bits per heavy atom. The topological polar surface area (TPSA) is 108 Å². The lowest BCUT2D eigenvalue weighted by Crippen LogP contribution is -2.37. The maximum absolute atomic E-state index is 12.7. The molecule has 8 nitrogen and oxygen atoms in total. The van der Waals surface area contributed by atoms with Gasteiger partial charge >= 0.3 is 0 Å². The number of benzene rings is 1. The first-order chi connectivity index (χ1) is 15.2. The number of hydrogen-bond donors (Lipinski definition) is 2. The summed E-state index contributed by atoms with van der Waals surface area (Å²) < 4.78 is 23.4. The van der Waals surface area contributed by atoms with Crippen molar-refractivity contribution >= 4 is 49.1 Å². The molecule has 3 rings (SSSR count). The Kier molecular flexibility index (Phi) is 7.47. The predicted molar refractivity (Wildman–Crippen MR) is 129 cm³/mol. The molecule has 0 saturated heterocycles. The molecule has 2 N–H and O–H groups in total. The smallest absolute Gasteiger partial charge is 0.270 e. The number of fused-ring (bicyclic) bond motifs is 1. The number of nitrogens with one attached hydrogen (secondary N) is 2. The SMILES string of the molecule is CCCN(CCC)CC(C(=O)Nc1nc(-c2ccc3c(c2)C(C)(C)C(=O)N3)cs1)=S(=O)=O. The summed E-state index contributed by atoms with van der Waals surface area (Å²) in [6.07, 6.45) is 1.74. The summed E-state index contributed by atoms with van der Waals surface area (Å²) in [7, 11) is -2.63. The van der Waals surface area contributed by atoms with E-state index >= 15 is 0 Å². The average Bonchev–Trinajstić information content (AvgIpc) is 3.28. The van der Waals surface area contributed by atoms with Crippen molar-refractivity contribution in [3.8, 4) is 11.3 Å². The van der Waals surface area contributed by atoms with Gasteiger partial charge in [-0.2, -0.15) is 8.42 Å². The van der Waals surface area contributed by atoms with Crippen molar-refractivity contribution in [3.05, 3.63) is 29.1 Å². The summed E-state index contributed by atoms with van der Waals surface area (Å²) in [5.41, 5.74) is 2.50. The molecule has 1 aromatic heterocycles. The molecule has 0 saturated carbocycles. The lowest BCUT2D eigenvalue weighted by atomic mass is 9.85. The summed E-state index contributed by atoms with van der Waals surface area (Å²) in [6, 6.07) is 5.63. The van der Waals surface area contributed by atoms with Crippen molar-refractivity contribution in [2.24, 2.45) is 0 Å². The molecule has 2 heterocycles.